The van der Waals surface area contributed by atoms with E-state index in [1.165, 1.54) is 6.07 Å². The van der Waals surface area contributed by atoms with Crippen LogP contribution >= 0.6 is 0 Å². The van der Waals surface area contributed by atoms with Gasteiger partial charge in [0.05, 0.1) is 12.2 Å². The molecule has 0 bridgehead atoms. The van der Waals surface area contributed by atoms with E-state index in [9.17, 15) is 15.0 Å². The third kappa shape index (κ3) is 3.05. The van der Waals surface area contributed by atoms with Crippen LogP contribution in [0.15, 0.2) is 24.3 Å². The van der Waals surface area contributed by atoms with Crippen LogP contribution in [0, 0.1) is 0 Å². The molecule has 1 heterocycles. The summed E-state index contributed by atoms with van der Waals surface area (Å²) < 4.78 is 0. The zero-order chi connectivity index (χ0) is 13.8. The first kappa shape index (κ1) is 13.8. The molecule has 1 aliphatic heterocycles. The molecule has 0 aliphatic carbocycles. The molecular formula is C14H20N2O3. The van der Waals surface area contributed by atoms with Gasteiger partial charge >= 0.3 is 0 Å². The van der Waals surface area contributed by atoms with Gasteiger partial charge in [0.25, 0.3) is 5.91 Å². The highest BCUT2D eigenvalue weighted by atomic mass is 16.3. The van der Waals surface area contributed by atoms with Crippen molar-refractivity contribution in [2.75, 3.05) is 19.7 Å². The van der Waals surface area contributed by atoms with Crippen molar-refractivity contribution in [3.63, 3.8) is 0 Å². The lowest BCUT2D eigenvalue weighted by Gasteiger charge is -2.19. The van der Waals surface area contributed by atoms with Crippen molar-refractivity contribution in [2.45, 2.75) is 25.4 Å². The first-order valence-corrected chi connectivity index (χ1v) is 6.59. The standard InChI is InChI=1S/C14H20N2O3/c1-2-16-8-10(7-11(16)9-17)15-14(19)12-5-3-4-6-13(12)18/h3-6,10-11,17-18H,2,7-9H2,1H3,(H,15,19)/t10-,11-/m0/s1. The quantitative estimate of drug-likeness (QED) is 0.743. The van der Waals surface area contributed by atoms with Crippen molar-refractivity contribution in [3.05, 3.63) is 29.8 Å². The molecule has 104 valence electrons. The summed E-state index contributed by atoms with van der Waals surface area (Å²) in [6.07, 6.45) is 0.740. The van der Waals surface area contributed by atoms with E-state index in [0.29, 0.717) is 0 Å². The number of likely N-dealkylation sites (N-methyl/N-ethyl adjacent to an activating group) is 1. The van der Waals surface area contributed by atoms with E-state index in [1.54, 1.807) is 18.2 Å². The van der Waals surface area contributed by atoms with Crippen LogP contribution in [0.2, 0.25) is 0 Å². The SMILES string of the molecule is CCN1C[C@@H](NC(=O)c2ccccc2O)C[C@H]1CO. The Morgan fingerprint density at radius 3 is 2.79 bits per heavy atom. The molecule has 1 amide bonds. The molecule has 0 spiro atoms. The lowest BCUT2D eigenvalue weighted by Crippen LogP contribution is -2.37. The molecule has 19 heavy (non-hydrogen) atoms. The number of carbonyl (C=O) groups is 1. The molecule has 5 nitrogen and oxygen atoms in total. The van der Waals surface area contributed by atoms with Crippen molar-refractivity contribution in [3.8, 4) is 5.75 Å². The number of rotatable bonds is 4. The van der Waals surface area contributed by atoms with Gasteiger partial charge in [-0.25, -0.2) is 0 Å². The summed E-state index contributed by atoms with van der Waals surface area (Å²) in [5.41, 5.74) is 0.290. The molecule has 1 aromatic rings. The number of para-hydroxylation sites is 1. The van der Waals surface area contributed by atoms with E-state index >= 15 is 0 Å². The summed E-state index contributed by atoms with van der Waals surface area (Å²) in [4.78, 5) is 14.2. The predicted octanol–water partition coefficient (Wildman–Crippen LogP) is 0.577. The fraction of sp³-hybridized carbons (Fsp3) is 0.500. The van der Waals surface area contributed by atoms with Gasteiger partial charge in [-0.05, 0) is 25.1 Å². The van der Waals surface area contributed by atoms with Gasteiger partial charge in [-0.15, -0.1) is 0 Å². The molecule has 5 heteroatoms. The summed E-state index contributed by atoms with van der Waals surface area (Å²) in [5, 5.41) is 21.8. The van der Waals surface area contributed by atoms with Crippen LogP contribution in [-0.4, -0.2) is 52.8 Å². The molecule has 0 unspecified atom stereocenters. The first-order valence-electron chi connectivity index (χ1n) is 6.59. The monoisotopic (exact) mass is 264 g/mol. The Kier molecular flexibility index (Phi) is 4.39. The molecular weight excluding hydrogens is 244 g/mol. The fourth-order valence-corrected chi connectivity index (χ4v) is 2.59. The molecule has 2 atom stereocenters. The summed E-state index contributed by atoms with van der Waals surface area (Å²) in [5.74, 6) is -0.276. The minimum Gasteiger partial charge on any atom is -0.507 e. The van der Waals surface area contributed by atoms with E-state index in [0.717, 1.165) is 19.5 Å². The van der Waals surface area contributed by atoms with Crippen molar-refractivity contribution in [1.29, 1.82) is 0 Å². The van der Waals surface area contributed by atoms with Gasteiger partial charge in [0, 0.05) is 18.6 Å². The van der Waals surface area contributed by atoms with Gasteiger partial charge < -0.3 is 15.5 Å². The molecule has 0 aromatic heterocycles. The normalized spacial score (nSPS) is 23.5. The molecule has 1 aliphatic rings. The van der Waals surface area contributed by atoms with Crippen LogP contribution in [0.5, 0.6) is 5.75 Å². The topological polar surface area (TPSA) is 72.8 Å². The van der Waals surface area contributed by atoms with Crippen molar-refractivity contribution >= 4 is 5.91 Å². The second kappa shape index (κ2) is 6.04. The number of hydrogen-bond donors (Lipinski definition) is 3. The number of likely N-dealkylation sites (tertiary alicyclic amines) is 1. The van der Waals surface area contributed by atoms with Crippen LogP contribution in [0.4, 0.5) is 0 Å². The average molecular weight is 264 g/mol. The van der Waals surface area contributed by atoms with E-state index in [-0.39, 0.29) is 35.9 Å². The first-order chi connectivity index (χ1) is 9.15. The minimum absolute atomic E-state index is 0.0101. The Balaban J connectivity index is 1.99. The maximum Gasteiger partial charge on any atom is 0.255 e. The van der Waals surface area contributed by atoms with Crippen LogP contribution in [0.1, 0.15) is 23.7 Å². The molecule has 1 saturated heterocycles. The summed E-state index contributed by atoms with van der Waals surface area (Å²) in [6, 6.07) is 6.63. The van der Waals surface area contributed by atoms with Crippen LogP contribution in [0.3, 0.4) is 0 Å². The van der Waals surface area contributed by atoms with E-state index in [2.05, 4.69) is 10.2 Å². The third-order valence-electron chi connectivity index (χ3n) is 3.63. The van der Waals surface area contributed by atoms with Gasteiger partial charge in [0.2, 0.25) is 0 Å². The maximum absolute atomic E-state index is 12.1. The number of benzene rings is 1. The Hall–Kier alpha value is -1.59. The number of aliphatic hydroxyl groups excluding tert-OH is 1. The fourth-order valence-electron chi connectivity index (χ4n) is 2.59. The van der Waals surface area contributed by atoms with E-state index in [1.807, 2.05) is 6.92 Å². The van der Waals surface area contributed by atoms with Crippen LogP contribution in [0.25, 0.3) is 0 Å². The highest BCUT2D eigenvalue weighted by molar-refractivity contribution is 5.96. The van der Waals surface area contributed by atoms with E-state index < -0.39 is 0 Å². The average Bonchev–Trinajstić information content (AvgIpc) is 2.81. The number of aliphatic hydroxyl groups is 1. The summed E-state index contributed by atoms with van der Waals surface area (Å²) >= 11 is 0. The van der Waals surface area contributed by atoms with Gasteiger partial charge in [0.1, 0.15) is 5.75 Å². The number of nitrogens with one attached hydrogen (secondary N) is 1. The van der Waals surface area contributed by atoms with Gasteiger partial charge in [-0.1, -0.05) is 19.1 Å². The number of phenolic OH excluding ortho intramolecular Hbond substituents is 1. The third-order valence-corrected chi connectivity index (χ3v) is 3.63. The van der Waals surface area contributed by atoms with E-state index in [4.69, 9.17) is 0 Å². The largest absolute Gasteiger partial charge is 0.507 e. The number of phenols is 1. The zero-order valence-corrected chi connectivity index (χ0v) is 11.0. The lowest BCUT2D eigenvalue weighted by molar-refractivity contribution is 0.0935. The summed E-state index contributed by atoms with van der Waals surface area (Å²) in [7, 11) is 0. The Morgan fingerprint density at radius 1 is 1.47 bits per heavy atom. The number of amides is 1. The lowest BCUT2D eigenvalue weighted by atomic mass is 10.1. The number of carbonyl (C=O) groups excluding carboxylic acids is 1. The van der Waals surface area contributed by atoms with Gasteiger partial charge in [0.15, 0.2) is 0 Å². The second-order valence-corrected chi connectivity index (χ2v) is 4.85. The van der Waals surface area contributed by atoms with Crippen LogP contribution < -0.4 is 5.32 Å². The smallest absolute Gasteiger partial charge is 0.255 e. The molecule has 0 radical (unpaired) electrons. The molecule has 1 aromatic carbocycles. The van der Waals surface area contributed by atoms with Crippen molar-refractivity contribution in [2.24, 2.45) is 0 Å². The second-order valence-electron chi connectivity index (χ2n) is 4.85. The maximum atomic E-state index is 12.1. The Bertz CT molecular complexity index is 438. The Morgan fingerprint density at radius 2 is 2.21 bits per heavy atom. The highest BCUT2D eigenvalue weighted by Gasteiger charge is 2.31. The molecule has 1 fully saturated rings. The van der Waals surface area contributed by atoms with Gasteiger partial charge in [-0.2, -0.15) is 0 Å². The molecule has 2 rings (SSSR count). The van der Waals surface area contributed by atoms with Crippen molar-refractivity contribution < 1.29 is 15.0 Å². The number of nitrogens with zero attached hydrogens (tertiary/aromatic N) is 1. The van der Waals surface area contributed by atoms with Crippen molar-refractivity contribution in [1.82, 2.24) is 10.2 Å². The zero-order valence-electron chi connectivity index (χ0n) is 11.0. The predicted molar refractivity (Wildman–Crippen MR) is 72.1 cm³/mol. The summed E-state index contributed by atoms with van der Waals surface area (Å²) in [6.45, 7) is 3.74. The number of hydrogen-bond acceptors (Lipinski definition) is 4. The highest BCUT2D eigenvalue weighted by Crippen LogP contribution is 2.19. The van der Waals surface area contributed by atoms with Crippen LogP contribution in [-0.2, 0) is 0 Å². The number of aromatic hydroxyl groups is 1. The van der Waals surface area contributed by atoms with Gasteiger partial charge in [-0.3, -0.25) is 9.69 Å². The Labute approximate surface area is 112 Å². The molecule has 3 N–H and O–H groups in total. The molecule has 0 saturated carbocycles. The minimum atomic E-state index is -0.266.